The topological polar surface area (TPSA) is 62.0 Å². The van der Waals surface area contributed by atoms with Crippen LogP contribution in [-0.2, 0) is 5.18 Å². The van der Waals surface area contributed by atoms with Gasteiger partial charge in [-0.25, -0.2) is 0 Å². The summed E-state index contributed by atoms with van der Waals surface area (Å²) < 4.78 is 0. The van der Waals surface area contributed by atoms with Crippen molar-refractivity contribution in [3.63, 3.8) is 0 Å². The molecule has 1 aromatic carbocycles. The normalized spacial score (nSPS) is 15.7. The number of aromatic amines is 1. The van der Waals surface area contributed by atoms with Gasteiger partial charge in [-0.15, -0.1) is 0 Å². The van der Waals surface area contributed by atoms with Crippen LogP contribution in [0.4, 0.5) is 0 Å². The highest BCUT2D eigenvalue weighted by molar-refractivity contribution is 6.23. The standard InChI is InChI=1S/C10H11ClN2O/c1-6-3-2-4-7-8(10(11,12)14)5-13-9(6)7/h2-5,13-14H,12H2,1H3. The zero-order valence-electron chi connectivity index (χ0n) is 7.71. The van der Waals surface area contributed by atoms with E-state index in [1.807, 2.05) is 25.1 Å². The molecule has 1 atom stereocenters. The fourth-order valence-electron chi connectivity index (χ4n) is 1.60. The van der Waals surface area contributed by atoms with Crippen LogP contribution in [0, 0.1) is 6.92 Å². The average molecular weight is 211 g/mol. The smallest absolute Gasteiger partial charge is 0.220 e. The van der Waals surface area contributed by atoms with Gasteiger partial charge in [0.1, 0.15) is 0 Å². The molecule has 3 nitrogen and oxygen atoms in total. The van der Waals surface area contributed by atoms with E-state index in [-0.39, 0.29) is 0 Å². The molecule has 0 aliphatic carbocycles. The SMILES string of the molecule is Cc1cccc2c(C(N)(O)Cl)c[nH]c12. The number of benzene rings is 1. The number of aryl methyl sites for hydroxylation is 1. The molecule has 0 saturated heterocycles. The Bertz CT molecular complexity index is 470. The van der Waals surface area contributed by atoms with Crippen LogP contribution in [0.3, 0.4) is 0 Å². The predicted octanol–water partition coefficient (Wildman–Crippen LogP) is 1.78. The Balaban J connectivity index is 2.76. The molecular weight excluding hydrogens is 200 g/mol. The fraction of sp³-hybridized carbons (Fsp3) is 0.200. The van der Waals surface area contributed by atoms with Crippen molar-refractivity contribution < 1.29 is 5.11 Å². The number of halogens is 1. The highest BCUT2D eigenvalue weighted by atomic mass is 35.5. The maximum Gasteiger partial charge on any atom is 0.220 e. The van der Waals surface area contributed by atoms with Gasteiger partial charge >= 0.3 is 0 Å². The van der Waals surface area contributed by atoms with E-state index >= 15 is 0 Å². The summed E-state index contributed by atoms with van der Waals surface area (Å²) in [7, 11) is 0. The number of aliphatic hydroxyl groups is 1. The number of para-hydroxylation sites is 1. The molecule has 0 spiro atoms. The van der Waals surface area contributed by atoms with Gasteiger partial charge in [-0.3, -0.25) is 5.73 Å². The first-order chi connectivity index (χ1) is 6.50. The average Bonchev–Trinajstić information content (AvgIpc) is 2.47. The van der Waals surface area contributed by atoms with Gasteiger partial charge in [-0.1, -0.05) is 29.8 Å². The van der Waals surface area contributed by atoms with Crippen molar-refractivity contribution in [2.24, 2.45) is 5.73 Å². The highest BCUT2D eigenvalue weighted by Gasteiger charge is 2.23. The molecule has 4 heteroatoms. The molecule has 1 unspecified atom stereocenters. The number of nitrogens with one attached hydrogen (secondary N) is 1. The van der Waals surface area contributed by atoms with Gasteiger partial charge in [0.2, 0.25) is 5.18 Å². The summed E-state index contributed by atoms with van der Waals surface area (Å²) in [6.07, 6.45) is 1.63. The summed E-state index contributed by atoms with van der Waals surface area (Å²) in [5.74, 6) is 0. The van der Waals surface area contributed by atoms with E-state index in [1.54, 1.807) is 6.20 Å². The van der Waals surface area contributed by atoms with Crippen molar-refractivity contribution in [1.29, 1.82) is 0 Å². The minimum Gasteiger partial charge on any atom is -0.360 e. The fourth-order valence-corrected chi connectivity index (χ4v) is 1.75. The van der Waals surface area contributed by atoms with Crippen molar-refractivity contribution in [3.05, 3.63) is 35.5 Å². The van der Waals surface area contributed by atoms with Crippen LogP contribution < -0.4 is 5.73 Å². The van der Waals surface area contributed by atoms with Gasteiger partial charge in [0, 0.05) is 22.7 Å². The van der Waals surface area contributed by atoms with Gasteiger partial charge in [-0.05, 0) is 12.5 Å². The van der Waals surface area contributed by atoms with Crippen molar-refractivity contribution in [2.75, 3.05) is 0 Å². The van der Waals surface area contributed by atoms with Crippen LogP contribution in [-0.4, -0.2) is 10.1 Å². The van der Waals surface area contributed by atoms with Gasteiger partial charge in [0.15, 0.2) is 0 Å². The zero-order chi connectivity index (χ0) is 10.3. The second-order valence-electron chi connectivity index (χ2n) is 3.37. The van der Waals surface area contributed by atoms with E-state index in [9.17, 15) is 5.11 Å². The van der Waals surface area contributed by atoms with E-state index in [2.05, 4.69) is 4.98 Å². The molecule has 14 heavy (non-hydrogen) atoms. The lowest BCUT2D eigenvalue weighted by Gasteiger charge is -2.12. The van der Waals surface area contributed by atoms with Crippen LogP contribution in [0.2, 0.25) is 0 Å². The molecule has 2 rings (SSSR count). The number of rotatable bonds is 1. The molecular formula is C10H11ClN2O. The third-order valence-electron chi connectivity index (χ3n) is 2.30. The Hall–Kier alpha value is -1.03. The number of fused-ring (bicyclic) bond motifs is 1. The lowest BCUT2D eigenvalue weighted by Crippen LogP contribution is -2.28. The maximum absolute atomic E-state index is 9.49. The lowest BCUT2D eigenvalue weighted by atomic mass is 10.1. The van der Waals surface area contributed by atoms with Crippen LogP contribution in [0.25, 0.3) is 10.9 Å². The maximum atomic E-state index is 9.49. The third kappa shape index (κ3) is 1.39. The minimum absolute atomic E-state index is 0.498. The van der Waals surface area contributed by atoms with E-state index in [4.69, 9.17) is 17.3 Å². The summed E-state index contributed by atoms with van der Waals surface area (Å²) >= 11 is 5.64. The lowest BCUT2D eigenvalue weighted by molar-refractivity contribution is 0.138. The van der Waals surface area contributed by atoms with Crippen molar-refractivity contribution >= 4 is 22.5 Å². The zero-order valence-corrected chi connectivity index (χ0v) is 8.47. The second-order valence-corrected chi connectivity index (χ2v) is 3.95. The van der Waals surface area contributed by atoms with Crippen LogP contribution in [0.15, 0.2) is 24.4 Å². The molecule has 4 N–H and O–H groups in total. The molecule has 2 aromatic rings. The Morgan fingerprint density at radius 2 is 2.21 bits per heavy atom. The minimum atomic E-state index is -1.81. The predicted molar refractivity (Wildman–Crippen MR) is 57.0 cm³/mol. The summed E-state index contributed by atoms with van der Waals surface area (Å²) in [4.78, 5) is 3.04. The van der Waals surface area contributed by atoms with Crippen molar-refractivity contribution in [1.82, 2.24) is 4.98 Å². The van der Waals surface area contributed by atoms with Crippen molar-refractivity contribution in [3.8, 4) is 0 Å². The molecule has 0 radical (unpaired) electrons. The molecule has 0 aliphatic heterocycles. The molecule has 0 aliphatic rings. The Labute approximate surface area is 86.5 Å². The number of nitrogens with two attached hydrogens (primary N) is 1. The van der Waals surface area contributed by atoms with E-state index in [0.717, 1.165) is 16.5 Å². The Kier molecular flexibility index (Phi) is 2.03. The molecule has 0 amide bonds. The molecule has 1 heterocycles. The van der Waals surface area contributed by atoms with Crippen molar-refractivity contribution in [2.45, 2.75) is 12.1 Å². The number of hydrogen-bond donors (Lipinski definition) is 3. The van der Waals surface area contributed by atoms with Gasteiger partial charge < -0.3 is 10.1 Å². The summed E-state index contributed by atoms with van der Waals surface area (Å²) in [6, 6.07) is 5.75. The van der Waals surface area contributed by atoms with Gasteiger partial charge in [0.05, 0.1) is 0 Å². The number of alkyl halides is 1. The molecule has 0 fully saturated rings. The largest absolute Gasteiger partial charge is 0.360 e. The first-order valence-electron chi connectivity index (χ1n) is 4.27. The molecule has 1 aromatic heterocycles. The quantitative estimate of drug-likeness (QED) is 0.382. The van der Waals surface area contributed by atoms with Crippen LogP contribution in [0.5, 0.6) is 0 Å². The summed E-state index contributed by atoms with van der Waals surface area (Å²) in [5, 5.41) is 8.53. The Morgan fingerprint density at radius 1 is 1.50 bits per heavy atom. The number of aromatic nitrogens is 1. The van der Waals surface area contributed by atoms with E-state index in [0.29, 0.717) is 5.56 Å². The second kappa shape index (κ2) is 2.98. The third-order valence-corrected chi connectivity index (χ3v) is 2.51. The van der Waals surface area contributed by atoms with Gasteiger partial charge in [0.25, 0.3) is 0 Å². The number of H-pyrrole nitrogens is 1. The first-order valence-corrected chi connectivity index (χ1v) is 4.65. The highest BCUT2D eigenvalue weighted by Crippen LogP contribution is 2.29. The van der Waals surface area contributed by atoms with Crippen LogP contribution in [0.1, 0.15) is 11.1 Å². The molecule has 0 bridgehead atoms. The monoisotopic (exact) mass is 210 g/mol. The molecule has 0 saturated carbocycles. The first kappa shape index (κ1) is 9.52. The number of hydrogen-bond acceptors (Lipinski definition) is 2. The van der Waals surface area contributed by atoms with Gasteiger partial charge in [-0.2, -0.15) is 0 Å². The summed E-state index contributed by atoms with van der Waals surface area (Å²) in [5.41, 5.74) is 7.96. The van der Waals surface area contributed by atoms with E-state index < -0.39 is 5.18 Å². The Morgan fingerprint density at radius 3 is 2.86 bits per heavy atom. The van der Waals surface area contributed by atoms with Crippen LogP contribution >= 0.6 is 11.6 Å². The molecule has 74 valence electrons. The summed E-state index contributed by atoms with van der Waals surface area (Å²) in [6.45, 7) is 1.98. The van der Waals surface area contributed by atoms with E-state index in [1.165, 1.54) is 0 Å².